The fourth-order valence-corrected chi connectivity index (χ4v) is 1.89. The predicted molar refractivity (Wildman–Crippen MR) is 47.6 cm³/mol. The molecule has 0 N–H and O–H groups in total. The average Bonchev–Trinajstić information content (AvgIpc) is 1.87. The molecule has 0 aliphatic heterocycles. The van der Waals surface area contributed by atoms with Crippen LogP contribution in [0.15, 0.2) is 0 Å². The molecule has 3 heteroatoms. The molecule has 0 radical (unpaired) electrons. The molecule has 0 amide bonds. The minimum atomic E-state index is 0.102. The fourth-order valence-electron chi connectivity index (χ4n) is 0.889. The topological polar surface area (TPSA) is 34.1 Å². The molecule has 11 heavy (non-hydrogen) atoms. The first-order valence-corrected chi connectivity index (χ1v) is 4.69. The average molecular weight is 174 g/mol. The van der Waals surface area contributed by atoms with Crippen LogP contribution in [0.1, 0.15) is 33.1 Å². The zero-order valence-corrected chi connectivity index (χ0v) is 7.82. The Bertz CT molecular complexity index is 134. The van der Waals surface area contributed by atoms with Gasteiger partial charge in [-0.25, -0.2) is 0 Å². The van der Waals surface area contributed by atoms with E-state index in [-0.39, 0.29) is 10.4 Å². The number of thioether (sulfide) groups is 1. The van der Waals surface area contributed by atoms with Gasteiger partial charge in [-0.2, -0.15) is 0 Å². The van der Waals surface area contributed by atoms with Gasteiger partial charge in [0.05, 0.1) is 0 Å². The van der Waals surface area contributed by atoms with E-state index in [0.717, 1.165) is 19.1 Å². The highest BCUT2D eigenvalue weighted by Gasteiger charge is 2.09. The first kappa shape index (κ1) is 10.7. The number of rotatable bonds is 5. The summed E-state index contributed by atoms with van der Waals surface area (Å²) in [4.78, 5) is 20.8. The van der Waals surface area contributed by atoms with Crippen LogP contribution in [0.25, 0.3) is 0 Å². The molecule has 0 aliphatic carbocycles. The SMILES string of the molecule is CCC[C@H](CC=O)SC(C)=O. The van der Waals surface area contributed by atoms with Crippen molar-refractivity contribution in [1.29, 1.82) is 0 Å². The van der Waals surface area contributed by atoms with E-state index in [1.54, 1.807) is 0 Å². The standard InChI is InChI=1S/C8H14O2S/c1-3-4-8(5-6-9)11-7(2)10/h6,8H,3-5H2,1-2H3/t8-/m1/s1. The Kier molecular flexibility index (Phi) is 6.22. The third-order valence-electron chi connectivity index (χ3n) is 1.30. The van der Waals surface area contributed by atoms with E-state index in [2.05, 4.69) is 6.92 Å². The Labute approximate surface area is 71.7 Å². The van der Waals surface area contributed by atoms with Gasteiger partial charge in [-0.05, 0) is 6.42 Å². The zero-order chi connectivity index (χ0) is 8.69. The molecule has 0 aliphatic rings. The summed E-state index contributed by atoms with van der Waals surface area (Å²) in [5.41, 5.74) is 0. The van der Waals surface area contributed by atoms with Gasteiger partial charge in [0.2, 0.25) is 0 Å². The van der Waals surface area contributed by atoms with Gasteiger partial charge in [0.1, 0.15) is 6.29 Å². The molecule has 0 rings (SSSR count). The molecule has 2 nitrogen and oxygen atoms in total. The van der Waals surface area contributed by atoms with E-state index in [1.165, 1.54) is 18.7 Å². The van der Waals surface area contributed by atoms with Crippen molar-refractivity contribution in [3.05, 3.63) is 0 Å². The van der Waals surface area contributed by atoms with E-state index in [0.29, 0.717) is 6.42 Å². The number of carbonyl (C=O) groups excluding carboxylic acids is 2. The second kappa shape index (κ2) is 6.40. The van der Waals surface area contributed by atoms with Crippen LogP contribution in [0.5, 0.6) is 0 Å². The Morgan fingerprint density at radius 3 is 2.64 bits per heavy atom. The van der Waals surface area contributed by atoms with Crippen molar-refractivity contribution >= 4 is 23.2 Å². The monoisotopic (exact) mass is 174 g/mol. The Balaban J connectivity index is 3.67. The van der Waals surface area contributed by atoms with E-state index in [9.17, 15) is 9.59 Å². The number of carbonyl (C=O) groups is 2. The van der Waals surface area contributed by atoms with Crippen LogP contribution >= 0.6 is 11.8 Å². The third kappa shape index (κ3) is 6.10. The third-order valence-corrected chi connectivity index (χ3v) is 2.40. The summed E-state index contributed by atoms with van der Waals surface area (Å²) in [6.07, 6.45) is 3.36. The maximum atomic E-state index is 10.7. The normalized spacial score (nSPS) is 12.5. The Hall–Kier alpha value is -0.310. The van der Waals surface area contributed by atoms with Crippen LogP contribution in [0.4, 0.5) is 0 Å². The summed E-state index contributed by atoms with van der Waals surface area (Å²) in [7, 11) is 0. The molecule has 0 saturated heterocycles. The van der Waals surface area contributed by atoms with Crippen LogP contribution in [-0.2, 0) is 9.59 Å². The smallest absolute Gasteiger partial charge is 0.186 e. The number of aldehydes is 1. The summed E-state index contributed by atoms with van der Waals surface area (Å²) in [5.74, 6) is 0. The lowest BCUT2D eigenvalue weighted by Crippen LogP contribution is -2.05. The molecule has 0 fully saturated rings. The van der Waals surface area contributed by atoms with Crippen LogP contribution in [0, 0.1) is 0 Å². The quantitative estimate of drug-likeness (QED) is 0.598. The molecule has 1 atom stereocenters. The maximum absolute atomic E-state index is 10.7. The van der Waals surface area contributed by atoms with E-state index < -0.39 is 0 Å². The highest BCUT2D eigenvalue weighted by atomic mass is 32.2. The first-order chi connectivity index (χ1) is 5.20. The lowest BCUT2D eigenvalue weighted by Gasteiger charge is -2.08. The molecule has 0 unspecified atom stereocenters. The van der Waals surface area contributed by atoms with Gasteiger partial charge in [0.25, 0.3) is 0 Å². The van der Waals surface area contributed by atoms with Crippen molar-refractivity contribution in [3.8, 4) is 0 Å². The van der Waals surface area contributed by atoms with Gasteiger partial charge in [0.15, 0.2) is 5.12 Å². The van der Waals surface area contributed by atoms with Crippen molar-refractivity contribution in [2.24, 2.45) is 0 Å². The second-order valence-electron chi connectivity index (χ2n) is 2.42. The molecule has 0 bridgehead atoms. The molecule has 0 aromatic heterocycles. The van der Waals surface area contributed by atoms with Gasteiger partial charge in [-0.15, -0.1) is 0 Å². The van der Waals surface area contributed by atoms with Crippen molar-refractivity contribution < 1.29 is 9.59 Å². The summed E-state index contributed by atoms with van der Waals surface area (Å²) < 4.78 is 0. The van der Waals surface area contributed by atoms with Gasteiger partial charge in [0, 0.05) is 18.6 Å². The first-order valence-electron chi connectivity index (χ1n) is 3.81. The van der Waals surface area contributed by atoms with E-state index in [1.807, 2.05) is 0 Å². The highest BCUT2D eigenvalue weighted by Crippen LogP contribution is 2.19. The number of hydrogen-bond acceptors (Lipinski definition) is 3. The van der Waals surface area contributed by atoms with Gasteiger partial charge in [-0.1, -0.05) is 25.1 Å². The molecule has 0 aromatic carbocycles. The van der Waals surface area contributed by atoms with Crippen molar-refractivity contribution in [1.82, 2.24) is 0 Å². The summed E-state index contributed by atoms with van der Waals surface area (Å²) in [6, 6.07) is 0. The van der Waals surface area contributed by atoms with E-state index >= 15 is 0 Å². The molecular weight excluding hydrogens is 160 g/mol. The van der Waals surface area contributed by atoms with Crippen LogP contribution < -0.4 is 0 Å². The van der Waals surface area contributed by atoms with Gasteiger partial charge < -0.3 is 4.79 Å². The predicted octanol–water partition coefficient (Wildman–Crippen LogP) is 2.02. The zero-order valence-electron chi connectivity index (χ0n) is 7.00. The summed E-state index contributed by atoms with van der Waals surface area (Å²) in [5, 5.41) is 0.306. The van der Waals surface area contributed by atoms with Crippen LogP contribution in [-0.4, -0.2) is 16.7 Å². The van der Waals surface area contributed by atoms with E-state index in [4.69, 9.17) is 0 Å². The van der Waals surface area contributed by atoms with Crippen molar-refractivity contribution in [2.45, 2.75) is 38.4 Å². The minimum Gasteiger partial charge on any atom is -0.303 e. The van der Waals surface area contributed by atoms with Gasteiger partial charge >= 0.3 is 0 Å². The van der Waals surface area contributed by atoms with Gasteiger partial charge in [-0.3, -0.25) is 4.79 Å². The molecular formula is C8H14O2S. The molecule has 0 heterocycles. The summed E-state index contributed by atoms with van der Waals surface area (Å²) >= 11 is 1.28. The van der Waals surface area contributed by atoms with Crippen LogP contribution in [0.2, 0.25) is 0 Å². The van der Waals surface area contributed by atoms with Crippen molar-refractivity contribution in [3.63, 3.8) is 0 Å². The lowest BCUT2D eigenvalue weighted by molar-refractivity contribution is -0.109. The van der Waals surface area contributed by atoms with Crippen LogP contribution in [0.3, 0.4) is 0 Å². The summed E-state index contributed by atoms with van der Waals surface area (Å²) in [6.45, 7) is 3.59. The Morgan fingerprint density at radius 1 is 1.64 bits per heavy atom. The number of hydrogen-bond donors (Lipinski definition) is 0. The second-order valence-corrected chi connectivity index (χ2v) is 3.90. The molecule has 0 saturated carbocycles. The largest absolute Gasteiger partial charge is 0.303 e. The fraction of sp³-hybridized carbons (Fsp3) is 0.750. The minimum absolute atomic E-state index is 0.102. The highest BCUT2D eigenvalue weighted by molar-refractivity contribution is 8.14. The maximum Gasteiger partial charge on any atom is 0.186 e. The molecule has 0 aromatic rings. The van der Waals surface area contributed by atoms with Crippen molar-refractivity contribution in [2.75, 3.05) is 0 Å². The Morgan fingerprint density at radius 2 is 2.27 bits per heavy atom. The molecule has 0 spiro atoms. The lowest BCUT2D eigenvalue weighted by atomic mass is 10.2. The molecule has 64 valence electrons.